The summed E-state index contributed by atoms with van der Waals surface area (Å²) in [5, 5.41) is 2.99. The van der Waals surface area contributed by atoms with E-state index in [1.165, 1.54) is 0 Å². The predicted octanol–water partition coefficient (Wildman–Crippen LogP) is 4.99. The molecule has 1 atom stereocenters. The lowest BCUT2D eigenvalue weighted by atomic mass is 10.0. The number of hydrogen-bond acceptors (Lipinski definition) is 3. The van der Waals surface area contributed by atoms with Gasteiger partial charge in [-0.1, -0.05) is 76.6 Å². The smallest absolute Gasteiger partial charge is 0.261 e. The van der Waals surface area contributed by atoms with Gasteiger partial charge in [-0.05, 0) is 49.2 Å². The van der Waals surface area contributed by atoms with Crippen molar-refractivity contribution in [1.29, 1.82) is 0 Å². The number of ether oxygens (including phenoxy) is 1. The number of carbonyl (C=O) groups excluding carboxylic acids is 2. The molecule has 0 spiro atoms. The Morgan fingerprint density at radius 3 is 2.18 bits per heavy atom. The fourth-order valence-corrected chi connectivity index (χ4v) is 3.96. The lowest BCUT2D eigenvalue weighted by Gasteiger charge is -2.32. The van der Waals surface area contributed by atoms with Gasteiger partial charge in [-0.25, -0.2) is 0 Å². The Bertz CT molecular complexity index is 1040. The Hall–Kier alpha value is -3.12. The van der Waals surface area contributed by atoms with Gasteiger partial charge in [0, 0.05) is 23.5 Å². The molecular weight excluding hydrogens is 480 g/mol. The fourth-order valence-electron chi connectivity index (χ4n) is 3.51. The van der Waals surface area contributed by atoms with Gasteiger partial charge >= 0.3 is 0 Å². The van der Waals surface area contributed by atoms with Gasteiger partial charge < -0.3 is 15.0 Å². The van der Waals surface area contributed by atoms with Crippen molar-refractivity contribution < 1.29 is 14.3 Å². The fraction of sp³-hybridized carbons (Fsp3) is 0.259. The summed E-state index contributed by atoms with van der Waals surface area (Å²) in [5.41, 5.74) is 1.91. The highest BCUT2D eigenvalue weighted by atomic mass is 79.9. The van der Waals surface area contributed by atoms with Gasteiger partial charge in [0.2, 0.25) is 5.91 Å². The average molecular weight is 509 g/mol. The van der Waals surface area contributed by atoms with Crippen LogP contribution in [0.25, 0.3) is 0 Å². The van der Waals surface area contributed by atoms with E-state index in [9.17, 15) is 9.59 Å². The summed E-state index contributed by atoms with van der Waals surface area (Å²) in [5.74, 6) is 0.176. The summed E-state index contributed by atoms with van der Waals surface area (Å²) in [4.78, 5) is 28.3. The third kappa shape index (κ3) is 7.75. The van der Waals surface area contributed by atoms with E-state index in [1.807, 2.05) is 86.6 Å². The highest BCUT2D eigenvalue weighted by molar-refractivity contribution is 9.10. The minimum Gasteiger partial charge on any atom is -0.484 e. The molecule has 0 heterocycles. The Balaban J connectivity index is 1.90. The molecule has 33 heavy (non-hydrogen) atoms. The number of benzene rings is 3. The van der Waals surface area contributed by atoms with Crippen LogP contribution in [0.4, 0.5) is 0 Å². The molecule has 0 aliphatic carbocycles. The second-order valence-electron chi connectivity index (χ2n) is 8.12. The summed E-state index contributed by atoms with van der Waals surface area (Å²) in [6, 6.07) is 26.0. The maximum atomic E-state index is 13.4. The van der Waals surface area contributed by atoms with E-state index in [0.717, 1.165) is 15.6 Å². The number of halogens is 1. The van der Waals surface area contributed by atoms with Gasteiger partial charge in [0.15, 0.2) is 6.61 Å². The van der Waals surface area contributed by atoms with Crippen LogP contribution in [0.2, 0.25) is 0 Å². The van der Waals surface area contributed by atoms with E-state index in [2.05, 4.69) is 21.2 Å². The van der Waals surface area contributed by atoms with Gasteiger partial charge in [0.25, 0.3) is 5.91 Å². The Morgan fingerprint density at radius 1 is 0.909 bits per heavy atom. The van der Waals surface area contributed by atoms with Gasteiger partial charge in [0.1, 0.15) is 11.8 Å². The molecule has 0 aromatic heterocycles. The Morgan fingerprint density at radius 2 is 1.55 bits per heavy atom. The number of nitrogens with zero attached hydrogens (tertiary/aromatic N) is 1. The Kier molecular flexibility index (Phi) is 9.07. The van der Waals surface area contributed by atoms with Crippen LogP contribution in [0.3, 0.4) is 0 Å². The van der Waals surface area contributed by atoms with E-state index in [-0.39, 0.29) is 24.5 Å². The number of para-hydroxylation sites is 1. The topological polar surface area (TPSA) is 58.6 Å². The van der Waals surface area contributed by atoms with Crippen LogP contribution >= 0.6 is 15.9 Å². The summed E-state index contributed by atoms with van der Waals surface area (Å²) < 4.78 is 6.66. The number of carbonyl (C=O) groups is 2. The number of rotatable bonds is 10. The van der Waals surface area contributed by atoms with Gasteiger partial charge in [-0.3, -0.25) is 9.59 Å². The number of amides is 2. The summed E-state index contributed by atoms with van der Waals surface area (Å²) in [6.07, 6.45) is 0.407. The molecule has 5 nitrogen and oxygen atoms in total. The molecule has 0 bridgehead atoms. The second-order valence-corrected chi connectivity index (χ2v) is 9.04. The van der Waals surface area contributed by atoms with Crippen molar-refractivity contribution in [2.75, 3.05) is 6.61 Å². The molecule has 0 aliphatic rings. The van der Waals surface area contributed by atoms with E-state index in [1.54, 1.807) is 17.0 Å². The minimum absolute atomic E-state index is 0.0424. The molecular formula is C27H29BrN2O3. The first kappa shape index (κ1) is 24.5. The van der Waals surface area contributed by atoms with Crippen LogP contribution in [-0.4, -0.2) is 35.4 Å². The van der Waals surface area contributed by atoms with Crippen molar-refractivity contribution in [3.05, 3.63) is 101 Å². The molecule has 3 aromatic carbocycles. The number of hydrogen-bond donors (Lipinski definition) is 1. The van der Waals surface area contributed by atoms with Crippen molar-refractivity contribution in [2.45, 2.75) is 38.9 Å². The monoisotopic (exact) mass is 508 g/mol. The van der Waals surface area contributed by atoms with Crippen LogP contribution in [-0.2, 0) is 22.6 Å². The molecule has 172 valence electrons. The molecule has 0 aliphatic heterocycles. The molecule has 6 heteroatoms. The van der Waals surface area contributed by atoms with E-state index in [0.29, 0.717) is 18.7 Å². The van der Waals surface area contributed by atoms with Crippen LogP contribution in [0.1, 0.15) is 25.0 Å². The molecule has 0 radical (unpaired) electrons. The van der Waals surface area contributed by atoms with Gasteiger partial charge in [0.05, 0.1) is 0 Å². The predicted molar refractivity (Wildman–Crippen MR) is 134 cm³/mol. The van der Waals surface area contributed by atoms with Crippen molar-refractivity contribution in [1.82, 2.24) is 10.2 Å². The molecule has 0 unspecified atom stereocenters. The average Bonchev–Trinajstić information content (AvgIpc) is 2.80. The minimum atomic E-state index is -0.680. The van der Waals surface area contributed by atoms with Crippen LogP contribution in [0, 0.1) is 0 Å². The standard InChI is InChI=1S/C27H29BrN2O3/c1-20(2)29-27(32)25(17-21-10-5-3-6-11-21)30(18-22-12-9-13-23(28)16-22)26(31)19-33-24-14-7-4-8-15-24/h3-16,20,25H,17-19H2,1-2H3,(H,29,32)/t25-/m1/s1. The van der Waals surface area contributed by atoms with Gasteiger partial charge in [-0.2, -0.15) is 0 Å². The molecule has 0 saturated heterocycles. The first-order chi connectivity index (χ1) is 15.9. The molecule has 0 saturated carbocycles. The number of nitrogens with one attached hydrogen (secondary N) is 1. The van der Waals surface area contributed by atoms with E-state index >= 15 is 0 Å². The molecule has 3 rings (SSSR count). The van der Waals surface area contributed by atoms with Gasteiger partial charge in [-0.15, -0.1) is 0 Å². The Labute approximate surface area is 203 Å². The molecule has 0 fully saturated rings. The lowest BCUT2D eigenvalue weighted by molar-refractivity contribution is -0.143. The van der Waals surface area contributed by atoms with Crippen molar-refractivity contribution >= 4 is 27.7 Å². The zero-order valence-corrected chi connectivity index (χ0v) is 20.5. The summed E-state index contributed by atoms with van der Waals surface area (Å²) >= 11 is 3.50. The molecule has 2 amide bonds. The first-order valence-electron chi connectivity index (χ1n) is 11.0. The van der Waals surface area contributed by atoms with Crippen LogP contribution in [0.15, 0.2) is 89.4 Å². The molecule has 1 N–H and O–H groups in total. The highest BCUT2D eigenvalue weighted by Crippen LogP contribution is 2.18. The van der Waals surface area contributed by atoms with Crippen molar-refractivity contribution in [2.24, 2.45) is 0 Å². The second kappa shape index (κ2) is 12.2. The third-order valence-electron chi connectivity index (χ3n) is 5.05. The van der Waals surface area contributed by atoms with Crippen LogP contribution < -0.4 is 10.1 Å². The normalized spacial score (nSPS) is 11.6. The zero-order chi connectivity index (χ0) is 23.6. The summed E-state index contributed by atoms with van der Waals surface area (Å²) in [6.45, 7) is 3.96. The summed E-state index contributed by atoms with van der Waals surface area (Å²) in [7, 11) is 0. The largest absolute Gasteiger partial charge is 0.484 e. The van der Waals surface area contributed by atoms with Crippen LogP contribution in [0.5, 0.6) is 5.75 Å². The highest BCUT2D eigenvalue weighted by Gasteiger charge is 2.31. The van der Waals surface area contributed by atoms with E-state index in [4.69, 9.17) is 4.74 Å². The third-order valence-corrected chi connectivity index (χ3v) is 5.54. The zero-order valence-electron chi connectivity index (χ0n) is 18.9. The quantitative estimate of drug-likeness (QED) is 0.419. The first-order valence-corrected chi connectivity index (χ1v) is 11.8. The lowest BCUT2D eigenvalue weighted by Crippen LogP contribution is -2.52. The van der Waals surface area contributed by atoms with E-state index < -0.39 is 6.04 Å². The SMILES string of the molecule is CC(C)NC(=O)[C@@H](Cc1ccccc1)N(Cc1cccc(Br)c1)C(=O)COc1ccccc1. The van der Waals surface area contributed by atoms with Crippen molar-refractivity contribution in [3.8, 4) is 5.75 Å². The maximum absolute atomic E-state index is 13.4. The maximum Gasteiger partial charge on any atom is 0.261 e. The molecule has 3 aromatic rings. The van der Waals surface area contributed by atoms with Crippen molar-refractivity contribution in [3.63, 3.8) is 0 Å².